The first-order valence-corrected chi connectivity index (χ1v) is 12.1. The fourth-order valence-corrected chi connectivity index (χ4v) is 5.66. The van der Waals surface area contributed by atoms with E-state index in [4.69, 9.17) is 21.8 Å². The van der Waals surface area contributed by atoms with Crippen LogP contribution in [0, 0.1) is 11.3 Å². The lowest BCUT2D eigenvalue weighted by Crippen LogP contribution is -2.27. The van der Waals surface area contributed by atoms with E-state index < -0.39 is 5.91 Å². The number of rotatable bonds is 5. The molecular formula is C26H27ClN2O3S. The predicted molar refractivity (Wildman–Crippen MR) is 135 cm³/mol. The smallest absolute Gasteiger partial charge is 0.251 e. The molecule has 4 rings (SSSR count). The molecule has 3 N–H and O–H groups in total. The molecule has 2 heterocycles. The van der Waals surface area contributed by atoms with Gasteiger partial charge in [-0.3, -0.25) is 9.59 Å². The van der Waals surface area contributed by atoms with Crippen LogP contribution in [0.1, 0.15) is 53.8 Å². The number of furan rings is 1. The van der Waals surface area contributed by atoms with Crippen LogP contribution < -0.4 is 11.1 Å². The van der Waals surface area contributed by atoms with Gasteiger partial charge in [-0.05, 0) is 78.6 Å². The van der Waals surface area contributed by atoms with Gasteiger partial charge >= 0.3 is 0 Å². The van der Waals surface area contributed by atoms with E-state index in [-0.39, 0.29) is 11.3 Å². The Bertz CT molecular complexity index is 1220. The minimum Gasteiger partial charge on any atom is -0.457 e. The number of amides is 2. The van der Waals surface area contributed by atoms with Gasteiger partial charge in [-0.15, -0.1) is 11.3 Å². The zero-order chi connectivity index (χ0) is 23.8. The summed E-state index contributed by atoms with van der Waals surface area (Å²) in [5.74, 6) is 0.917. The number of nitrogens with one attached hydrogen (secondary N) is 1. The summed E-state index contributed by atoms with van der Waals surface area (Å²) in [6.45, 7) is 6.73. The van der Waals surface area contributed by atoms with Crippen molar-refractivity contribution in [3.05, 3.63) is 69.3 Å². The number of nitrogens with two attached hydrogens (primary N) is 1. The van der Waals surface area contributed by atoms with Crippen molar-refractivity contribution in [2.75, 3.05) is 5.32 Å². The van der Waals surface area contributed by atoms with Crippen molar-refractivity contribution in [1.82, 2.24) is 0 Å². The number of carbonyl (C=O) groups excluding carboxylic acids is 2. The average molecular weight is 483 g/mol. The number of anilines is 1. The van der Waals surface area contributed by atoms with Crippen LogP contribution in [0.3, 0.4) is 0 Å². The van der Waals surface area contributed by atoms with E-state index in [0.717, 1.165) is 35.3 Å². The third kappa shape index (κ3) is 5.23. The van der Waals surface area contributed by atoms with Gasteiger partial charge in [0.15, 0.2) is 0 Å². The minimum atomic E-state index is -0.500. The first-order chi connectivity index (χ1) is 15.6. The maximum absolute atomic E-state index is 12.6. The molecule has 0 aliphatic heterocycles. The average Bonchev–Trinajstić information content (AvgIpc) is 3.36. The molecule has 0 unspecified atom stereocenters. The molecule has 5 nitrogen and oxygen atoms in total. The molecule has 0 spiro atoms. The number of hydrogen-bond donors (Lipinski definition) is 2. The molecule has 1 atom stereocenters. The van der Waals surface area contributed by atoms with Crippen molar-refractivity contribution in [3.63, 3.8) is 0 Å². The van der Waals surface area contributed by atoms with E-state index in [2.05, 4.69) is 26.1 Å². The molecule has 3 aromatic rings. The molecule has 1 aliphatic carbocycles. The fraction of sp³-hybridized carbons (Fsp3) is 0.308. The molecule has 0 saturated heterocycles. The normalized spacial score (nSPS) is 16.1. The van der Waals surface area contributed by atoms with Gasteiger partial charge in [-0.25, -0.2) is 0 Å². The molecule has 2 amide bonds. The van der Waals surface area contributed by atoms with Gasteiger partial charge in [-0.1, -0.05) is 32.4 Å². The van der Waals surface area contributed by atoms with Gasteiger partial charge in [0.1, 0.15) is 16.5 Å². The van der Waals surface area contributed by atoms with E-state index in [1.165, 1.54) is 17.4 Å². The second kappa shape index (κ2) is 9.20. The van der Waals surface area contributed by atoms with Crippen LogP contribution in [-0.4, -0.2) is 11.8 Å². The van der Waals surface area contributed by atoms with E-state index in [9.17, 15) is 9.59 Å². The summed E-state index contributed by atoms with van der Waals surface area (Å²) in [6, 6.07) is 11.0. The van der Waals surface area contributed by atoms with E-state index in [0.29, 0.717) is 33.0 Å². The Hall–Kier alpha value is -2.83. The molecule has 0 saturated carbocycles. The lowest BCUT2D eigenvalue weighted by Gasteiger charge is -2.33. The molecule has 0 fully saturated rings. The first-order valence-electron chi connectivity index (χ1n) is 10.9. The summed E-state index contributed by atoms with van der Waals surface area (Å²) >= 11 is 7.39. The molecule has 1 aliphatic rings. The lowest BCUT2D eigenvalue weighted by molar-refractivity contribution is -0.111. The molecule has 172 valence electrons. The number of benzene rings is 1. The number of thiophene rings is 1. The maximum Gasteiger partial charge on any atom is 0.251 e. The molecule has 7 heteroatoms. The molecule has 0 radical (unpaired) electrons. The highest BCUT2D eigenvalue weighted by atomic mass is 35.5. The molecule has 0 bridgehead atoms. The third-order valence-corrected chi connectivity index (χ3v) is 7.55. The Morgan fingerprint density at radius 2 is 1.91 bits per heavy atom. The van der Waals surface area contributed by atoms with Gasteiger partial charge < -0.3 is 15.5 Å². The Labute approximate surface area is 202 Å². The van der Waals surface area contributed by atoms with Gasteiger partial charge in [-0.2, -0.15) is 0 Å². The lowest BCUT2D eigenvalue weighted by atomic mass is 9.72. The van der Waals surface area contributed by atoms with Crippen LogP contribution in [0.15, 0.2) is 46.9 Å². The Morgan fingerprint density at radius 1 is 1.18 bits per heavy atom. The van der Waals surface area contributed by atoms with Crippen LogP contribution in [0.25, 0.3) is 17.4 Å². The van der Waals surface area contributed by atoms with Crippen molar-refractivity contribution < 1.29 is 14.0 Å². The van der Waals surface area contributed by atoms with Gasteiger partial charge in [0.2, 0.25) is 5.91 Å². The Balaban J connectivity index is 1.49. The number of fused-ring (bicyclic) bond motifs is 1. The highest BCUT2D eigenvalue weighted by Crippen LogP contribution is 2.44. The molecule has 2 aromatic heterocycles. The highest BCUT2D eigenvalue weighted by molar-refractivity contribution is 7.17. The van der Waals surface area contributed by atoms with Gasteiger partial charge in [0, 0.05) is 21.5 Å². The monoisotopic (exact) mass is 482 g/mol. The van der Waals surface area contributed by atoms with E-state index in [1.807, 2.05) is 18.2 Å². The largest absolute Gasteiger partial charge is 0.457 e. The standard InChI is InChI=1S/C26H27ClN2O3S/c1-26(2,3)16-6-11-19-21(14-16)33-25(23(19)24(28)31)29-22(30)13-10-18-9-12-20(32-18)15-4-7-17(27)8-5-15/h4-5,7-10,12-13,16H,6,11,14H2,1-3H3,(H2,28,31)(H,29,30)/b13-10+/t16-/m0/s1. The fourth-order valence-electron chi connectivity index (χ4n) is 4.20. The second-order valence-electron chi connectivity index (χ2n) is 9.41. The van der Waals surface area contributed by atoms with Crippen LogP contribution in [-0.2, 0) is 17.6 Å². The zero-order valence-corrected chi connectivity index (χ0v) is 20.5. The van der Waals surface area contributed by atoms with Gasteiger partial charge in [0.25, 0.3) is 5.91 Å². The zero-order valence-electron chi connectivity index (χ0n) is 18.9. The number of primary amides is 1. The van der Waals surface area contributed by atoms with Crippen molar-refractivity contribution >= 4 is 45.8 Å². The predicted octanol–water partition coefficient (Wildman–Crippen LogP) is 6.56. The van der Waals surface area contributed by atoms with Gasteiger partial charge in [0.05, 0.1) is 5.56 Å². The molecular weight excluding hydrogens is 456 g/mol. The number of halogens is 1. The maximum atomic E-state index is 12.6. The Kier molecular flexibility index (Phi) is 6.50. The Morgan fingerprint density at radius 3 is 2.58 bits per heavy atom. The van der Waals surface area contributed by atoms with Crippen LogP contribution in [0.5, 0.6) is 0 Å². The van der Waals surface area contributed by atoms with Crippen LogP contribution in [0.2, 0.25) is 5.02 Å². The van der Waals surface area contributed by atoms with Crippen molar-refractivity contribution in [2.45, 2.75) is 40.0 Å². The SMILES string of the molecule is CC(C)(C)[C@H]1CCc2c(sc(NC(=O)/C=C/c3ccc(-c4ccc(Cl)cc4)o3)c2C(N)=O)C1. The number of hydrogen-bond acceptors (Lipinski definition) is 4. The summed E-state index contributed by atoms with van der Waals surface area (Å²) in [7, 11) is 0. The van der Waals surface area contributed by atoms with Crippen molar-refractivity contribution in [2.24, 2.45) is 17.1 Å². The van der Waals surface area contributed by atoms with E-state index in [1.54, 1.807) is 24.3 Å². The highest BCUT2D eigenvalue weighted by Gasteiger charge is 2.33. The van der Waals surface area contributed by atoms with E-state index >= 15 is 0 Å². The van der Waals surface area contributed by atoms with Crippen LogP contribution in [0.4, 0.5) is 5.00 Å². The second-order valence-corrected chi connectivity index (χ2v) is 11.0. The topological polar surface area (TPSA) is 85.3 Å². The summed E-state index contributed by atoms with van der Waals surface area (Å²) in [5.41, 5.74) is 8.21. The minimum absolute atomic E-state index is 0.189. The third-order valence-electron chi connectivity index (χ3n) is 6.13. The number of carbonyl (C=O) groups is 2. The van der Waals surface area contributed by atoms with Crippen LogP contribution >= 0.6 is 22.9 Å². The summed E-state index contributed by atoms with van der Waals surface area (Å²) in [5, 5.41) is 4.03. The first kappa shape index (κ1) is 23.3. The summed E-state index contributed by atoms with van der Waals surface area (Å²) < 4.78 is 5.80. The summed E-state index contributed by atoms with van der Waals surface area (Å²) in [6.07, 6.45) is 5.70. The summed E-state index contributed by atoms with van der Waals surface area (Å²) in [4.78, 5) is 25.9. The van der Waals surface area contributed by atoms with Crippen molar-refractivity contribution in [1.29, 1.82) is 0 Å². The quantitative estimate of drug-likeness (QED) is 0.403. The molecule has 33 heavy (non-hydrogen) atoms. The molecule has 1 aromatic carbocycles. The van der Waals surface area contributed by atoms with Crippen molar-refractivity contribution in [3.8, 4) is 11.3 Å².